The van der Waals surface area contributed by atoms with E-state index in [4.69, 9.17) is 0 Å². The summed E-state index contributed by atoms with van der Waals surface area (Å²) < 4.78 is 0. The number of aliphatic hydroxyl groups is 1. The minimum absolute atomic E-state index is 0.000167. The van der Waals surface area contributed by atoms with Gasteiger partial charge in [-0.15, -0.1) is 0 Å². The van der Waals surface area contributed by atoms with Crippen LogP contribution in [0.25, 0.3) is 0 Å². The van der Waals surface area contributed by atoms with Gasteiger partial charge < -0.3 is 5.11 Å². The number of ketones is 1. The molecule has 0 aromatic heterocycles. The molecule has 0 bridgehead atoms. The molecule has 30 heavy (non-hydrogen) atoms. The Morgan fingerprint density at radius 3 is 2.43 bits per heavy atom. The maximum atomic E-state index is 12.7. The number of hydrogen-bond acceptors (Lipinski definition) is 2. The molecule has 1 N–H and O–H groups in total. The molecule has 2 heteroatoms. The van der Waals surface area contributed by atoms with Crippen molar-refractivity contribution < 1.29 is 9.90 Å². The zero-order valence-electron chi connectivity index (χ0n) is 18.4. The number of Topliss-reactive ketones (excluding diaryl/α,β-unsaturated/α-hetero) is 1. The molecule has 3 atom stereocenters. The Kier molecular flexibility index (Phi) is 7.04. The molecule has 2 aromatic carbocycles. The van der Waals surface area contributed by atoms with E-state index in [-0.39, 0.29) is 12.0 Å². The van der Waals surface area contributed by atoms with Crippen LogP contribution in [0.4, 0.5) is 0 Å². The molecule has 0 radical (unpaired) electrons. The van der Waals surface area contributed by atoms with Crippen molar-refractivity contribution in [2.75, 3.05) is 0 Å². The van der Waals surface area contributed by atoms with E-state index >= 15 is 0 Å². The molecule has 0 heterocycles. The average molecular weight is 405 g/mol. The normalized spacial score (nSPS) is 23.6. The van der Waals surface area contributed by atoms with E-state index in [1.54, 1.807) is 0 Å². The highest BCUT2D eigenvalue weighted by Crippen LogP contribution is 2.40. The quantitative estimate of drug-likeness (QED) is 0.567. The third-order valence-corrected chi connectivity index (χ3v) is 7.44. The number of carbonyl (C=O) groups excluding carboxylic acids is 1. The minimum atomic E-state index is -0.381. The molecule has 4 rings (SSSR count). The second-order valence-electron chi connectivity index (χ2n) is 9.54. The van der Waals surface area contributed by atoms with Crippen molar-refractivity contribution in [3.05, 3.63) is 70.8 Å². The minimum Gasteiger partial charge on any atom is -0.388 e. The van der Waals surface area contributed by atoms with E-state index < -0.39 is 0 Å². The molecular weight excluding hydrogens is 368 g/mol. The van der Waals surface area contributed by atoms with Crippen LogP contribution in [0.3, 0.4) is 0 Å². The molecule has 0 aliphatic heterocycles. The number of benzene rings is 2. The van der Waals surface area contributed by atoms with Gasteiger partial charge in [-0.1, -0.05) is 87.6 Å². The van der Waals surface area contributed by atoms with Crippen LogP contribution in [-0.4, -0.2) is 10.9 Å². The van der Waals surface area contributed by atoms with Crippen molar-refractivity contribution in [2.24, 2.45) is 11.8 Å². The van der Waals surface area contributed by atoms with Gasteiger partial charge in [0.15, 0.2) is 0 Å². The van der Waals surface area contributed by atoms with Gasteiger partial charge in [-0.2, -0.15) is 0 Å². The summed E-state index contributed by atoms with van der Waals surface area (Å²) in [7, 11) is 0. The van der Waals surface area contributed by atoms with Crippen LogP contribution in [0.1, 0.15) is 92.6 Å². The second-order valence-corrected chi connectivity index (χ2v) is 9.54. The van der Waals surface area contributed by atoms with Crippen LogP contribution >= 0.6 is 0 Å². The summed E-state index contributed by atoms with van der Waals surface area (Å²) in [5.41, 5.74) is 4.84. The average Bonchev–Trinajstić information content (AvgIpc) is 3.14. The molecule has 2 aliphatic carbocycles. The smallest absolute Gasteiger partial charge is 0.140 e. The molecule has 2 aliphatic rings. The van der Waals surface area contributed by atoms with Crippen molar-refractivity contribution in [1.82, 2.24) is 0 Å². The van der Waals surface area contributed by atoms with Crippen LogP contribution in [0, 0.1) is 11.8 Å². The first kappa shape index (κ1) is 21.3. The first-order valence-corrected chi connectivity index (χ1v) is 12.0. The molecular formula is C28H36O2. The Balaban J connectivity index is 1.44. The van der Waals surface area contributed by atoms with Crippen LogP contribution in [0.15, 0.2) is 48.5 Å². The number of aryl methyl sites for hydroxylation is 1. The van der Waals surface area contributed by atoms with Crippen molar-refractivity contribution in [3.63, 3.8) is 0 Å². The summed E-state index contributed by atoms with van der Waals surface area (Å²) in [5.74, 6) is 1.41. The summed E-state index contributed by atoms with van der Waals surface area (Å²) in [5, 5.41) is 10.7. The Morgan fingerprint density at radius 1 is 0.967 bits per heavy atom. The lowest BCUT2D eigenvalue weighted by Crippen LogP contribution is -2.15. The predicted octanol–water partition coefficient (Wildman–Crippen LogP) is 6.56. The summed E-state index contributed by atoms with van der Waals surface area (Å²) in [6, 6.07) is 17.1. The van der Waals surface area contributed by atoms with Crippen LogP contribution in [0.2, 0.25) is 0 Å². The van der Waals surface area contributed by atoms with Gasteiger partial charge in [-0.25, -0.2) is 0 Å². The number of rotatable bonds is 7. The number of aliphatic hydroxyl groups excluding tert-OH is 1. The highest BCUT2D eigenvalue weighted by atomic mass is 16.3. The van der Waals surface area contributed by atoms with Gasteiger partial charge in [0, 0.05) is 12.3 Å². The monoisotopic (exact) mass is 404 g/mol. The largest absolute Gasteiger partial charge is 0.388 e. The van der Waals surface area contributed by atoms with Crippen molar-refractivity contribution in [1.29, 1.82) is 0 Å². The molecule has 3 unspecified atom stereocenters. The van der Waals surface area contributed by atoms with Crippen molar-refractivity contribution in [2.45, 2.75) is 83.2 Å². The zero-order valence-corrected chi connectivity index (χ0v) is 18.4. The molecule has 2 fully saturated rings. The van der Waals surface area contributed by atoms with Gasteiger partial charge in [0.2, 0.25) is 0 Å². The fourth-order valence-corrected chi connectivity index (χ4v) is 5.67. The molecule has 2 aromatic rings. The SMILES string of the molecule is CCc1cccc(CC2CCC(=O)C2c2ccc(C(O)CC3CCCCC3)cc2)c1. The van der Waals surface area contributed by atoms with E-state index in [2.05, 4.69) is 55.5 Å². The summed E-state index contributed by atoms with van der Waals surface area (Å²) in [4.78, 5) is 12.7. The van der Waals surface area contributed by atoms with Gasteiger partial charge in [-0.3, -0.25) is 4.79 Å². The van der Waals surface area contributed by atoms with Gasteiger partial charge in [-0.05, 0) is 59.8 Å². The predicted molar refractivity (Wildman–Crippen MR) is 123 cm³/mol. The van der Waals surface area contributed by atoms with Crippen LogP contribution in [0.5, 0.6) is 0 Å². The topological polar surface area (TPSA) is 37.3 Å². The summed E-state index contributed by atoms with van der Waals surface area (Å²) in [6.45, 7) is 2.19. The first-order valence-electron chi connectivity index (χ1n) is 12.0. The fraction of sp³-hybridized carbons (Fsp3) is 0.536. The van der Waals surface area contributed by atoms with Crippen LogP contribution in [-0.2, 0) is 17.6 Å². The Bertz CT molecular complexity index is 832. The third kappa shape index (κ3) is 5.03. The van der Waals surface area contributed by atoms with E-state index in [0.29, 0.717) is 24.0 Å². The van der Waals surface area contributed by atoms with Crippen molar-refractivity contribution in [3.8, 4) is 0 Å². The van der Waals surface area contributed by atoms with Crippen molar-refractivity contribution >= 4 is 5.78 Å². The second kappa shape index (κ2) is 9.92. The maximum absolute atomic E-state index is 12.7. The summed E-state index contributed by atoms with van der Waals surface area (Å²) >= 11 is 0. The molecule has 160 valence electrons. The van der Waals surface area contributed by atoms with E-state index in [1.165, 1.54) is 43.2 Å². The number of carbonyl (C=O) groups is 1. The molecule has 0 amide bonds. The van der Waals surface area contributed by atoms with Crippen LogP contribution < -0.4 is 0 Å². The molecule has 0 spiro atoms. The zero-order chi connectivity index (χ0) is 20.9. The van der Waals surface area contributed by atoms with E-state index in [1.807, 2.05) is 0 Å². The van der Waals surface area contributed by atoms with Gasteiger partial charge in [0.25, 0.3) is 0 Å². The lowest BCUT2D eigenvalue weighted by atomic mass is 9.82. The highest BCUT2D eigenvalue weighted by molar-refractivity contribution is 5.88. The Morgan fingerprint density at radius 2 is 1.70 bits per heavy atom. The first-order chi connectivity index (χ1) is 14.6. The Hall–Kier alpha value is -1.93. The van der Waals surface area contributed by atoms with E-state index in [9.17, 15) is 9.90 Å². The van der Waals surface area contributed by atoms with Gasteiger partial charge >= 0.3 is 0 Å². The summed E-state index contributed by atoms with van der Waals surface area (Å²) in [6.07, 6.45) is 10.7. The number of hydrogen-bond donors (Lipinski definition) is 1. The molecule has 2 nitrogen and oxygen atoms in total. The third-order valence-electron chi connectivity index (χ3n) is 7.44. The maximum Gasteiger partial charge on any atom is 0.140 e. The highest BCUT2D eigenvalue weighted by Gasteiger charge is 2.35. The Labute approximate surface area is 181 Å². The standard InChI is InChI=1S/C28H36O2/c1-2-20-9-6-10-22(17-20)18-25-15-16-26(29)28(25)24-13-11-23(12-14-24)27(30)19-21-7-4-3-5-8-21/h6,9-14,17,21,25,27-28,30H,2-5,7-8,15-16,18-19H2,1H3. The van der Waals surface area contributed by atoms with Gasteiger partial charge in [0.05, 0.1) is 6.10 Å². The fourth-order valence-electron chi connectivity index (χ4n) is 5.67. The molecule has 2 saturated carbocycles. The van der Waals surface area contributed by atoms with Gasteiger partial charge in [0.1, 0.15) is 5.78 Å². The lowest BCUT2D eigenvalue weighted by molar-refractivity contribution is -0.119. The lowest BCUT2D eigenvalue weighted by Gasteiger charge is -2.24. The molecule has 0 saturated heterocycles. The van der Waals surface area contributed by atoms with E-state index in [0.717, 1.165) is 36.8 Å².